The maximum atomic E-state index is 5.66. The van der Waals surface area contributed by atoms with Crippen LogP contribution in [-0.4, -0.2) is 51.0 Å². The Morgan fingerprint density at radius 3 is 2.29 bits per heavy atom. The molecule has 0 saturated carbocycles. The maximum absolute atomic E-state index is 5.66. The molecule has 5 heteroatoms. The van der Waals surface area contributed by atoms with Crippen LogP contribution in [0.15, 0.2) is 16.7 Å². The first-order valence-electron chi connectivity index (χ1n) is 7.46. The van der Waals surface area contributed by atoms with E-state index in [0.717, 1.165) is 31.9 Å². The minimum Gasteiger partial charge on any atom is -0.468 e. The zero-order chi connectivity index (χ0) is 15.7. The van der Waals surface area contributed by atoms with Crippen LogP contribution in [0.2, 0.25) is 0 Å². The summed E-state index contributed by atoms with van der Waals surface area (Å²) in [6.45, 7) is 11.2. The third-order valence-electron chi connectivity index (χ3n) is 3.13. The number of furan rings is 1. The fourth-order valence-electron chi connectivity index (χ4n) is 1.90. The molecule has 1 aromatic rings. The van der Waals surface area contributed by atoms with Gasteiger partial charge in [-0.15, -0.1) is 0 Å². The molecule has 0 spiro atoms. The summed E-state index contributed by atoms with van der Waals surface area (Å²) >= 11 is 0. The molecule has 0 aromatic carbocycles. The number of hydrogen-bond donors (Lipinski definition) is 1. The van der Waals surface area contributed by atoms with Crippen LogP contribution in [0.5, 0.6) is 0 Å². The van der Waals surface area contributed by atoms with Crippen molar-refractivity contribution >= 4 is 0 Å². The Morgan fingerprint density at radius 2 is 1.76 bits per heavy atom. The van der Waals surface area contributed by atoms with E-state index in [1.807, 2.05) is 6.26 Å². The van der Waals surface area contributed by atoms with E-state index in [2.05, 4.69) is 37.1 Å². The molecule has 0 unspecified atom stereocenters. The highest BCUT2D eigenvalue weighted by atomic mass is 16.5. The van der Waals surface area contributed by atoms with Crippen LogP contribution in [0, 0.1) is 0 Å². The topological polar surface area (TPSA) is 46.9 Å². The summed E-state index contributed by atoms with van der Waals surface area (Å²) in [7, 11) is 3.44. The van der Waals surface area contributed by atoms with Crippen LogP contribution in [0.25, 0.3) is 0 Å². The van der Waals surface area contributed by atoms with Gasteiger partial charge in [0.05, 0.1) is 26.0 Å². The van der Waals surface area contributed by atoms with Gasteiger partial charge in [-0.05, 0) is 26.8 Å². The molecule has 1 N–H and O–H groups in total. The molecule has 0 aliphatic carbocycles. The summed E-state index contributed by atoms with van der Waals surface area (Å²) in [5.74, 6) is 0.980. The van der Waals surface area contributed by atoms with Crippen LogP contribution in [0.1, 0.15) is 32.1 Å². The standard InChI is InChI=1S/C16H30N2O3/c1-16(2,3)17-11-14-10-15(21-13-14)12-18(6-8-19-4)7-9-20-5/h10,13,17H,6-9,11-12H2,1-5H3. The third kappa shape index (κ3) is 8.21. The first-order chi connectivity index (χ1) is 9.94. The van der Waals surface area contributed by atoms with Gasteiger partial charge in [-0.2, -0.15) is 0 Å². The van der Waals surface area contributed by atoms with Crippen molar-refractivity contribution < 1.29 is 13.9 Å². The number of rotatable bonds is 10. The second-order valence-electron chi connectivity index (χ2n) is 6.29. The number of nitrogens with zero attached hydrogens (tertiary/aromatic N) is 1. The van der Waals surface area contributed by atoms with Crippen molar-refractivity contribution in [2.75, 3.05) is 40.5 Å². The number of methoxy groups -OCH3 is 2. The first kappa shape index (κ1) is 18.2. The molecule has 1 aromatic heterocycles. The van der Waals surface area contributed by atoms with E-state index >= 15 is 0 Å². The van der Waals surface area contributed by atoms with Crippen molar-refractivity contribution in [2.45, 2.75) is 39.4 Å². The number of hydrogen-bond acceptors (Lipinski definition) is 5. The van der Waals surface area contributed by atoms with Crippen LogP contribution >= 0.6 is 0 Å². The van der Waals surface area contributed by atoms with Crippen molar-refractivity contribution in [1.29, 1.82) is 0 Å². The molecule has 0 aliphatic rings. The Balaban J connectivity index is 2.49. The molecular weight excluding hydrogens is 268 g/mol. The summed E-state index contributed by atoms with van der Waals surface area (Å²) in [6.07, 6.45) is 1.83. The number of nitrogens with one attached hydrogen (secondary N) is 1. The van der Waals surface area contributed by atoms with Crippen molar-refractivity contribution in [3.05, 3.63) is 23.7 Å². The van der Waals surface area contributed by atoms with Crippen LogP contribution in [0.4, 0.5) is 0 Å². The van der Waals surface area contributed by atoms with Crippen molar-refractivity contribution in [3.63, 3.8) is 0 Å². The van der Waals surface area contributed by atoms with E-state index in [1.54, 1.807) is 14.2 Å². The monoisotopic (exact) mass is 298 g/mol. The molecule has 1 rings (SSSR count). The first-order valence-corrected chi connectivity index (χ1v) is 7.46. The van der Waals surface area contributed by atoms with Gasteiger partial charge in [0, 0.05) is 45.0 Å². The lowest BCUT2D eigenvalue weighted by Gasteiger charge is -2.20. The van der Waals surface area contributed by atoms with Gasteiger partial charge in [0.2, 0.25) is 0 Å². The lowest BCUT2D eigenvalue weighted by Crippen LogP contribution is -2.34. The van der Waals surface area contributed by atoms with E-state index in [4.69, 9.17) is 13.9 Å². The Hall–Kier alpha value is -0.880. The Labute approximate surface area is 128 Å². The second kappa shape index (κ2) is 9.20. The van der Waals surface area contributed by atoms with Crippen molar-refractivity contribution in [1.82, 2.24) is 10.2 Å². The summed E-state index contributed by atoms with van der Waals surface area (Å²) < 4.78 is 16.0. The molecule has 0 fully saturated rings. The Morgan fingerprint density at radius 1 is 1.14 bits per heavy atom. The third-order valence-corrected chi connectivity index (χ3v) is 3.13. The molecule has 1 heterocycles. The molecule has 122 valence electrons. The second-order valence-corrected chi connectivity index (χ2v) is 6.29. The molecule has 0 aliphatic heterocycles. The van der Waals surface area contributed by atoms with Gasteiger partial charge in [0.15, 0.2) is 0 Å². The lowest BCUT2D eigenvalue weighted by molar-refractivity contribution is 0.106. The predicted molar refractivity (Wildman–Crippen MR) is 84.3 cm³/mol. The Bertz CT molecular complexity index is 377. The van der Waals surface area contributed by atoms with Crippen molar-refractivity contribution in [3.8, 4) is 0 Å². The Kier molecular flexibility index (Phi) is 7.96. The molecular formula is C16H30N2O3. The van der Waals surface area contributed by atoms with Crippen LogP contribution in [0.3, 0.4) is 0 Å². The highest BCUT2D eigenvalue weighted by Crippen LogP contribution is 2.12. The minimum atomic E-state index is 0.112. The summed E-state index contributed by atoms with van der Waals surface area (Å²) in [6, 6.07) is 2.12. The largest absolute Gasteiger partial charge is 0.468 e. The van der Waals surface area contributed by atoms with Gasteiger partial charge >= 0.3 is 0 Å². The van der Waals surface area contributed by atoms with Gasteiger partial charge in [-0.3, -0.25) is 4.90 Å². The zero-order valence-electron chi connectivity index (χ0n) is 14.1. The highest BCUT2D eigenvalue weighted by Gasteiger charge is 2.12. The molecule has 21 heavy (non-hydrogen) atoms. The molecule has 5 nitrogen and oxygen atoms in total. The predicted octanol–water partition coefficient (Wildman–Crippen LogP) is 2.26. The average Bonchev–Trinajstić information content (AvgIpc) is 2.86. The molecule has 0 bridgehead atoms. The van der Waals surface area contributed by atoms with Gasteiger partial charge < -0.3 is 19.2 Å². The SMILES string of the molecule is COCCN(CCOC)Cc1cc(CNC(C)(C)C)co1. The van der Waals surface area contributed by atoms with Gasteiger partial charge in [-0.1, -0.05) is 0 Å². The van der Waals surface area contributed by atoms with Gasteiger partial charge in [0.1, 0.15) is 5.76 Å². The molecule has 0 atom stereocenters. The zero-order valence-corrected chi connectivity index (χ0v) is 14.1. The molecule has 0 radical (unpaired) electrons. The minimum absolute atomic E-state index is 0.112. The van der Waals surface area contributed by atoms with E-state index in [9.17, 15) is 0 Å². The average molecular weight is 298 g/mol. The highest BCUT2D eigenvalue weighted by molar-refractivity contribution is 5.13. The summed E-state index contributed by atoms with van der Waals surface area (Å²) in [5.41, 5.74) is 1.29. The normalized spacial score (nSPS) is 12.3. The van der Waals surface area contributed by atoms with Gasteiger partial charge in [0.25, 0.3) is 0 Å². The maximum Gasteiger partial charge on any atom is 0.118 e. The van der Waals surface area contributed by atoms with Gasteiger partial charge in [-0.25, -0.2) is 0 Å². The van der Waals surface area contributed by atoms with E-state index in [0.29, 0.717) is 13.2 Å². The van der Waals surface area contributed by atoms with E-state index in [-0.39, 0.29) is 5.54 Å². The smallest absolute Gasteiger partial charge is 0.118 e. The molecule has 0 saturated heterocycles. The number of ether oxygens (including phenoxy) is 2. The fraction of sp³-hybridized carbons (Fsp3) is 0.750. The van der Waals surface area contributed by atoms with Crippen molar-refractivity contribution in [2.24, 2.45) is 0 Å². The summed E-state index contributed by atoms with van der Waals surface area (Å²) in [5, 5.41) is 3.46. The molecule has 0 amide bonds. The van der Waals surface area contributed by atoms with Crippen LogP contribution < -0.4 is 5.32 Å². The fourth-order valence-corrected chi connectivity index (χ4v) is 1.90. The summed E-state index contributed by atoms with van der Waals surface area (Å²) in [4.78, 5) is 2.27. The quantitative estimate of drug-likeness (QED) is 0.718. The van der Waals surface area contributed by atoms with E-state index < -0.39 is 0 Å². The lowest BCUT2D eigenvalue weighted by atomic mass is 10.1. The van der Waals surface area contributed by atoms with Crippen LogP contribution in [-0.2, 0) is 22.6 Å². The van der Waals surface area contributed by atoms with E-state index in [1.165, 1.54) is 5.56 Å².